The Morgan fingerprint density at radius 1 is 1.14 bits per heavy atom. The van der Waals surface area contributed by atoms with E-state index >= 15 is 0 Å². The molecule has 4 rings (SSSR count). The number of hydrogen-bond acceptors (Lipinski definition) is 5. The van der Waals surface area contributed by atoms with E-state index in [1.165, 1.54) is 35.2 Å². The lowest BCUT2D eigenvalue weighted by Gasteiger charge is -2.27. The largest absolute Gasteiger partial charge is 0.458 e. The van der Waals surface area contributed by atoms with Crippen molar-refractivity contribution in [1.82, 2.24) is 9.88 Å². The summed E-state index contributed by atoms with van der Waals surface area (Å²) in [7, 11) is 0. The molecule has 2 atom stereocenters. The molecule has 1 aliphatic heterocycles. The van der Waals surface area contributed by atoms with E-state index in [1.807, 2.05) is 0 Å². The summed E-state index contributed by atoms with van der Waals surface area (Å²) in [5, 5.41) is 0. The molecular weight excluding hydrogens is 375 g/mol. The van der Waals surface area contributed by atoms with Crippen LogP contribution in [0.3, 0.4) is 0 Å². The molecule has 1 aromatic carbocycles. The van der Waals surface area contributed by atoms with Crippen LogP contribution < -0.4 is 0 Å². The Morgan fingerprint density at radius 2 is 1.90 bits per heavy atom. The molecule has 1 aliphatic rings. The van der Waals surface area contributed by atoms with Crippen molar-refractivity contribution in [3.05, 3.63) is 89.4 Å². The smallest absolute Gasteiger partial charge is 0.291 e. The van der Waals surface area contributed by atoms with Crippen LogP contribution in [0.5, 0.6) is 0 Å². The number of aromatic nitrogens is 1. The van der Waals surface area contributed by atoms with Gasteiger partial charge in [-0.05, 0) is 48.4 Å². The summed E-state index contributed by atoms with van der Waals surface area (Å²) >= 11 is 0. The van der Waals surface area contributed by atoms with Crippen LogP contribution >= 0.6 is 0 Å². The molecule has 0 spiro atoms. The third-order valence-corrected chi connectivity index (χ3v) is 4.96. The van der Waals surface area contributed by atoms with Crippen LogP contribution in [0.1, 0.15) is 33.5 Å². The van der Waals surface area contributed by atoms with Crippen molar-refractivity contribution in [1.29, 1.82) is 0 Å². The summed E-state index contributed by atoms with van der Waals surface area (Å²) in [6.07, 6.45) is 3.19. The molecule has 1 saturated heterocycles. The average molecular weight is 392 g/mol. The van der Waals surface area contributed by atoms with Gasteiger partial charge < -0.3 is 9.32 Å². The quantitative estimate of drug-likeness (QED) is 0.378. The van der Waals surface area contributed by atoms with Crippen molar-refractivity contribution in [3.63, 3.8) is 0 Å². The number of aryl methyl sites for hydroxylation is 1. The number of ketones is 2. The molecule has 7 heteroatoms. The molecule has 2 aromatic heterocycles. The Bertz CT molecular complexity index is 1080. The molecule has 1 fully saturated rings. The monoisotopic (exact) mass is 392 g/mol. The highest BCUT2D eigenvalue weighted by Gasteiger charge is 2.52. The molecule has 29 heavy (non-hydrogen) atoms. The van der Waals surface area contributed by atoms with Crippen molar-refractivity contribution in [2.24, 2.45) is 5.92 Å². The first-order valence-electron chi connectivity index (χ1n) is 9.05. The highest BCUT2D eigenvalue weighted by molar-refractivity contribution is 6.43. The van der Waals surface area contributed by atoms with E-state index in [0.29, 0.717) is 16.9 Å². The maximum Gasteiger partial charge on any atom is 0.291 e. The first-order chi connectivity index (χ1) is 14.0. The van der Waals surface area contributed by atoms with E-state index in [1.54, 1.807) is 37.5 Å². The van der Waals surface area contributed by atoms with Gasteiger partial charge in [0.15, 0.2) is 5.76 Å². The lowest BCUT2D eigenvalue weighted by Crippen LogP contribution is -2.30. The van der Waals surface area contributed by atoms with Gasteiger partial charge in [0.1, 0.15) is 17.5 Å². The maximum absolute atomic E-state index is 13.5. The van der Waals surface area contributed by atoms with Gasteiger partial charge in [-0.3, -0.25) is 19.4 Å². The van der Waals surface area contributed by atoms with E-state index < -0.39 is 35.3 Å². The van der Waals surface area contributed by atoms with Crippen LogP contribution in [-0.2, 0) is 16.1 Å². The van der Waals surface area contributed by atoms with Gasteiger partial charge in [-0.1, -0.05) is 18.2 Å². The van der Waals surface area contributed by atoms with Gasteiger partial charge in [-0.25, -0.2) is 4.39 Å². The predicted molar refractivity (Wildman–Crippen MR) is 100 cm³/mol. The van der Waals surface area contributed by atoms with Crippen LogP contribution in [0.2, 0.25) is 0 Å². The van der Waals surface area contributed by atoms with Gasteiger partial charge in [0.25, 0.3) is 5.91 Å². The average Bonchev–Trinajstić information content (AvgIpc) is 3.26. The number of likely N-dealkylation sites (tertiary alicyclic amines) is 1. The van der Waals surface area contributed by atoms with E-state index in [9.17, 15) is 18.8 Å². The van der Waals surface area contributed by atoms with Crippen molar-refractivity contribution in [2.45, 2.75) is 19.5 Å². The van der Waals surface area contributed by atoms with Gasteiger partial charge in [0.2, 0.25) is 11.6 Å². The Labute approximate surface area is 166 Å². The molecule has 0 radical (unpaired) electrons. The second-order valence-electron chi connectivity index (χ2n) is 6.91. The number of carbonyl (C=O) groups excluding carboxylic acids is 3. The Morgan fingerprint density at radius 3 is 2.52 bits per heavy atom. The lowest BCUT2D eigenvalue weighted by atomic mass is 9.88. The highest BCUT2D eigenvalue weighted by atomic mass is 19.1. The predicted octanol–water partition coefficient (Wildman–Crippen LogP) is 3.27. The zero-order chi connectivity index (χ0) is 20.5. The number of Topliss-reactive ketones (excluding diaryl/α,β-unsaturated/α-hetero) is 2. The minimum atomic E-state index is -1.27. The lowest BCUT2D eigenvalue weighted by molar-refractivity contribution is -0.141. The molecule has 3 aromatic rings. The maximum atomic E-state index is 13.5. The Kier molecular flexibility index (Phi) is 4.80. The fraction of sp³-hybridized carbons (Fsp3) is 0.182. The van der Waals surface area contributed by atoms with E-state index in [0.717, 1.165) is 0 Å². The summed E-state index contributed by atoms with van der Waals surface area (Å²) in [6.45, 7) is 1.78. The minimum Gasteiger partial charge on any atom is -0.458 e. The number of furan rings is 1. The second-order valence-corrected chi connectivity index (χ2v) is 6.91. The zero-order valence-electron chi connectivity index (χ0n) is 15.5. The van der Waals surface area contributed by atoms with Gasteiger partial charge >= 0.3 is 0 Å². The summed E-state index contributed by atoms with van der Waals surface area (Å²) in [4.78, 5) is 44.1. The summed E-state index contributed by atoms with van der Waals surface area (Å²) in [6, 6.07) is 11.2. The summed E-state index contributed by atoms with van der Waals surface area (Å²) < 4.78 is 18.9. The van der Waals surface area contributed by atoms with E-state index in [2.05, 4.69) is 4.98 Å². The first kappa shape index (κ1) is 18.7. The molecule has 1 amide bonds. The second kappa shape index (κ2) is 7.43. The highest BCUT2D eigenvalue weighted by Crippen LogP contribution is 2.39. The van der Waals surface area contributed by atoms with Crippen LogP contribution in [0, 0.1) is 18.7 Å². The first-order valence-corrected chi connectivity index (χ1v) is 9.05. The van der Waals surface area contributed by atoms with Crippen LogP contribution in [0.15, 0.2) is 65.3 Å². The number of rotatable bonds is 5. The van der Waals surface area contributed by atoms with Crippen molar-refractivity contribution in [2.75, 3.05) is 0 Å². The topological polar surface area (TPSA) is 80.5 Å². The molecule has 0 bridgehead atoms. The number of nitrogens with zero attached hydrogens (tertiary/aromatic N) is 2. The van der Waals surface area contributed by atoms with E-state index in [4.69, 9.17) is 4.42 Å². The Hall–Kier alpha value is -3.61. The van der Waals surface area contributed by atoms with Crippen molar-refractivity contribution >= 4 is 17.5 Å². The van der Waals surface area contributed by atoms with Gasteiger partial charge in [0, 0.05) is 18.9 Å². The molecule has 0 aliphatic carbocycles. The normalized spacial score (nSPS) is 19.0. The fourth-order valence-corrected chi connectivity index (χ4v) is 3.60. The third kappa shape index (κ3) is 3.47. The fourth-order valence-electron chi connectivity index (χ4n) is 3.60. The molecule has 0 N–H and O–H groups in total. The van der Waals surface area contributed by atoms with E-state index in [-0.39, 0.29) is 12.3 Å². The summed E-state index contributed by atoms with van der Waals surface area (Å²) in [5.74, 6) is -3.31. The number of benzene rings is 1. The van der Waals surface area contributed by atoms with Crippen LogP contribution in [-0.4, -0.2) is 27.4 Å². The molecule has 146 valence electrons. The van der Waals surface area contributed by atoms with Crippen molar-refractivity contribution in [3.8, 4) is 0 Å². The number of carbonyl (C=O) groups is 3. The number of amides is 1. The van der Waals surface area contributed by atoms with Gasteiger partial charge in [-0.2, -0.15) is 0 Å². The molecule has 2 unspecified atom stereocenters. The van der Waals surface area contributed by atoms with Crippen LogP contribution in [0.25, 0.3) is 0 Å². The zero-order valence-corrected chi connectivity index (χ0v) is 15.5. The minimum absolute atomic E-state index is 0.0176. The molecule has 6 nitrogen and oxygen atoms in total. The molecular formula is C22H17FN2O4. The number of hydrogen-bond donors (Lipinski definition) is 0. The summed E-state index contributed by atoms with van der Waals surface area (Å²) in [5.41, 5.74) is 1.21. The van der Waals surface area contributed by atoms with Gasteiger partial charge in [0.05, 0.1) is 6.04 Å². The molecule has 0 saturated carbocycles. The van der Waals surface area contributed by atoms with Gasteiger partial charge in [-0.15, -0.1) is 0 Å². The number of pyridine rings is 1. The Balaban J connectivity index is 1.78. The third-order valence-electron chi connectivity index (χ3n) is 4.96. The SMILES string of the molecule is Cc1ccc(C(=O)C2C(=O)C(=O)N(Cc3cccnc3)C2c2ccc(F)cc2)o1. The standard InChI is InChI=1S/C22H17FN2O4/c1-13-4-9-17(29-13)20(26)18-19(15-5-7-16(23)8-6-15)25(22(28)21(18)27)12-14-3-2-10-24-11-14/h2-11,18-19H,12H2,1H3. The molecule has 3 heterocycles. The van der Waals surface area contributed by atoms with Crippen LogP contribution in [0.4, 0.5) is 4.39 Å². The number of halogens is 1. The van der Waals surface area contributed by atoms with Crippen molar-refractivity contribution < 1.29 is 23.2 Å².